The minimum absolute atomic E-state index is 0.0530. The molecule has 1 fully saturated rings. The predicted molar refractivity (Wildman–Crippen MR) is 103 cm³/mol. The van der Waals surface area contributed by atoms with Crippen LogP contribution in [0.25, 0.3) is 0 Å². The van der Waals surface area contributed by atoms with Crippen LogP contribution in [0.15, 0.2) is 48.5 Å². The summed E-state index contributed by atoms with van der Waals surface area (Å²) in [5.41, 5.74) is 2.74. The van der Waals surface area contributed by atoms with E-state index in [1.165, 1.54) is 11.6 Å². The molecule has 0 saturated carbocycles. The second-order valence-electron chi connectivity index (χ2n) is 7.44. The number of amides is 1. The SMILES string of the molecule is CN(CC(=O)N1CCC(Cc2cccc(CO)c2)C1)Cc1ccccc1F. The molecule has 1 aliphatic rings. The molecule has 0 spiro atoms. The third-order valence-corrected chi connectivity index (χ3v) is 5.14. The first-order valence-corrected chi connectivity index (χ1v) is 9.43. The first kappa shape index (κ1) is 19.5. The largest absolute Gasteiger partial charge is 0.392 e. The molecular formula is C22H27FN2O2. The molecular weight excluding hydrogens is 343 g/mol. The topological polar surface area (TPSA) is 43.8 Å². The summed E-state index contributed by atoms with van der Waals surface area (Å²) in [6.45, 7) is 2.30. The summed E-state index contributed by atoms with van der Waals surface area (Å²) in [7, 11) is 1.85. The van der Waals surface area contributed by atoms with Gasteiger partial charge in [-0.05, 0) is 43.0 Å². The Kier molecular flexibility index (Phi) is 6.58. The van der Waals surface area contributed by atoms with Crippen molar-refractivity contribution < 1.29 is 14.3 Å². The van der Waals surface area contributed by atoms with Gasteiger partial charge in [-0.3, -0.25) is 9.69 Å². The zero-order chi connectivity index (χ0) is 19.2. The second-order valence-corrected chi connectivity index (χ2v) is 7.44. The Bertz CT molecular complexity index is 780. The minimum Gasteiger partial charge on any atom is -0.392 e. The van der Waals surface area contributed by atoms with Crippen molar-refractivity contribution in [3.63, 3.8) is 0 Å². The lowest BCUT2D eigenvalue weighted by atomic mass is 9.97. The van der Waals surface area contributed by atoms with E-state index < -0.39 is 0 Å². The number of likely N-dealkylation sites (tertiary alicyclic amines) is 1. The lowest BCUT2D eigenvalue weighted by Crippen LogP contribution is -2.37. The Balaban J connectivity index is 1.49. The molecule has 4 nitrogen and oxygen atoms in total. The molecule has 1 saturated heterocycles. The third kappa shape index (κ3) is 5.37. The van der Waals surface area contributed by atoms with Crippen LogP contribution in [-0.2, 0) is 24.4 Å². The van der Waals surface area contributed by atoms with Gasteiger partial charge in [0, 0.05) is 25.2 Å². The van der Waals surface area contributed by atoms with Crippen molar-refractivity contribution in [2.24, 2.45) is 5.92 Å². The van der Waals surface area contributed by atoms with Gasteiger partial charge >= 0.3 is 0 Å². The Morgan fingerprint density at radius 1 is 1.22 bits per heavy atom. The van der Waals surface area contributed by atoms with Crippen LogP contribution < -0.4 is 0 Å². The molecule has 0 aromatic heterocycles. The fourth-order valence-corrected chi connectivity index (χ4v) is 3.72. The van der Waals surface area contributed by atoms with E-state index >= 15 is 0 Å². The van der Waals surface area contributed by atoms with E-state index in [9.17, 15) is 14.3 Å². The van der Waals surface area contributed by atoms with Crippen molar-refractivity contribution in [3.05, 3.63) is 71.0 Å². The monoisotopic (exact) mass is 370 g/mol. The van der Waals surface area contributed by atoms with Gasteiger partial charge in [0.15, 0.2) is 0 Å². The van der Waals surface area contributed by atoms with Crippen LogP contribution in [0.4, 0.5) is 4.39 Å². The smallest absolute Gasteiger partial charge is 0.236 e. The van der Waals surface area contributed by atoms with E-state index in [4.69, 9.17) is 0 Å². The van der Waals surface area contributed by atoms with Gasteiger partial charge in [-0.15, -0.1) is 0 Å². The van der Waals surface area contributed by atoms with Crippen LogP contribution in [0, 0.1) is 11.7 Å². The van der Waals surface area contributed by atoms with E-state index in [2.05, 4.69) is 6.07 Å². The maximum atomic E-state index is 13.8. The number of hydrogen-bond donors (Lipinski definition) is 1. The van der Waals surface area contributed by atoms with Gasteiger partial charge in [0.05, 0.1) is 13.2 Å². The molecule has 144 valence electrons. The number of likely N-dealkylation sites (N-methyl/N-ethyl adjacent to an activating group) is 1. The Morgan fingerprint density at radius 3 is 2.78 bits per heavy atom. The van der Waals surface area contributed by atoms with Crippen molar-refractivity contribution in [2.75, 3.05) is 26.7 Å². The number of carbonyl (C=O) groups is 1. The van der Waals surface area contributed by atoms with E-state index in [0.717, 1.165) is 31.5 Å². The van der Waals surface area contributed by atoms with Crippen molar-refractivity contribution >= 4 is 5.91 Å². The summed E-state index contributed by atoms with van der Waals surface area (Å²) >= 11 is 0. The number of carbonyl (C=O) groups excluding carboxylic acids is 1. The van der Waals surface area contributed by atoms with Crippen LogP contribution in [0.3, 0.4) is 0 Å². The standard InChI is InChI=1S/C22H27FN2O2/c1-24(14-20-7-2-3-8-21(20)23)15-22(27)25-10-9-18(13-25)11-17-5-4-6-19(12-17)16-26/h2-8,12,18,26H,9-11,13-16H2,1H3. The number of rotatable bonds is 7. The molecule has 0 radical (unpaired) electrons. The number of nitrogens with zero attached hydrogens (tertiary/aromatic N) is 2. The average molecular weight is 370 g/mol. The summed E-state index contributed by atoms with van der Waals surface area (Å²) in [5.74, 6) is 0.309. The van der Waals surface area contributed by atoms with E-state index in [0.29, 0.717) is 24.6 Å². The summed E-state index contributed by atoms with van der Waals surface area (Å²) in [6, 6.07) is 14.7. The van der Waals surface area contributed by atoms with Gasteiger partial charge in [-0.2, -0.15) is 0 Å². The van der Waals surface area contributed by atoms with Crippen molar-refractivity contribution in [2.45, 2.75) is 26.0 Å². The minimum atomic E-state index is -0.233. The highest BCUT2D eigenvalue weighted by Gasteiger charge is 2.26. The number of hydrogen-bond acceptors (Lipinski definition) is 3. The third-order valence-electron chi connectivity index (χ3n) is 5.14. The summed E-state index contributed by atoms with van der Waals surface area (Å²) < 4.78 is 13.8. The number of benzene rings is 2. The van der Waals surface area contributed by atoms with Crippen LogP contribution in [0.5, 0.6) is 0 Å². The number of aliphatic hydroxyl groups excluding tert-OH is 1. The Hall–Kier alpha value is -2.24. The molecule has 1 N–H and O–H groups in total. The van der Waals surface area contributed by atoms with Crippen LogP contribution in [-0.4, -0.2) is 47.5 Å². The summed E-state index contributed by atoms with van der Waals surface area (Å²) in [6.07, 6.45) is 1.91. The second kappa shape index (κ2) is 9.11. The quantitative estimate of drug-likeness (QED) is 0.815. The molecule has 2 aromatic carbocycles. The van der Waals surface area contributed by atoms with Gasteiger partial charge in [0.1, 0.15) is 5.82 Å². The number of halogens is 1. The molecule has 1 amide bonds. The van der Waals surface area contributed by atoms with Crippen LogP contribution >= 0.6 is 0 Å². The molecule has 3 rings (SSSR count). The first-order valence-electron chi connectivity index (χ1n) is 9.43. The predicted octanol–water partition coefficient (Wildman–Crippen LogP) is 2.84. The first-order chi connectivity index (χ1) is 13.0. The Morgan fingerprint density at radius 2 is 2.00 bits per heavy atom. The Labute approximate surface area is 160 Å². The molecule has 1 heterocycles. The van der Waals surface area contributed by atoms with E-state index in [1.54, 1.807) is 12.1 Å². The van der Waals surface area contributed by atoms with Gasteiger partial charge < -0.3 is 10.0 Å². The normalized spacial score (nSPS) is 16.9. The maximum absolute atomic E-state index is 13.8. The number of aliphatic hydroxyl groups is 1. The summed E-state index contributed by atoms with van der Waals surface area (Å²) in [5, 5.41) is 9.26. The van der Waals surface area contributed by atoms with Crippen molar-refractivity contribution in [3.8, 4) is 0 Å². The molecule has 5 heteroatoms. The molecule has 0 aliphatic carbocycles. The van der Waals surface area contributed by atoms with Crippen molar-refractivity contribution in [1.29, 1.82) is 0 Å². The van der Waals surface area contributed by atoms with Crippen LogP contribution in [0.1, 0.15) is 23.1 Å². The molecule has 1 aliphatic heterocycles. The summed E-state index contributed by atoms with van der Waals surface area (Å²) in [4.78, 5) is 16.4. The highest BCUT2D eigenvalue weighted by atomic mass is 19.1. The fourth-order valence-electron chi connectivity index (χ4n) is 3.72. The molecule has 1 atom stereocenters. The molecule has 27 heavy (non-hydrogen) atoms. The average Bonchev–Trinajstić information content (AvgIpc) is 3.12. The highest BCUT2D eigenvalue weighted by molar-refractivity contribution is 5.78. The van der Waals surface area contributed by atoms with Crippen LogP contribution in [0.2, 0.25) is 0 Å². The maximum Gasteiger partial charge on any atom is 0.236 e. The lowest BCUT2D eigenvalue weighted by molar-refractivity contribution is -0.131. The van der Waals surface area contributed by atoms with E-state index in [1.807, 2.05) is 41.1 Å². The molecule has 1 unspecified atom stereocenters. The highest BCUT2D eigenvalue weighted by Crippen LogP contribution is 2.22. The molecule has 0 bridgehead atoms. The van der Waals surface area contributed by atoms with Gasteiger partial charge in [0.25, 0.3) is 0 Å². The zero-order valence-electron chi connectivity index (χ0n) is 15.8. The van der Waals surface area contributed by atoms with E-state index in [-0.39, 0.29) is 18.3 Å². The zero-order valence-corrected chi connectivity index (χ0v) is 15.8. The fraction of sp³-hybridized carbons (Fsp3) is 0.409. The molecule has 2 aromatic rings. The van der Waals surface area contributed by atoms with Gasteiger partial charge in [0.2, 0.25) is 5.91 Å². The lowest BCUT2D eigenvalue weighted by Gasteiger charge is -2.22. The van der Waals surface area contributed by atoms with Crippen molar-refractivity contribution in [1.82, 2.24) is 9.80 Å². The van der Waals surface area contributed by atoms with Gasteiger partial charge in [-0.25, -0.2) is 4.39 Å². The van der Waals surface area contributed by atoms with Gasteiger partial charge in [-0.1, -0.05) is 42.5 Å².